The van der Waals surface area contributed by atoms with Gasteiger partial charge in [0.25, 0.3) is 11.8 Å². The Hall–Kier alpha value is -5.17. The minimum absolute atomic E-state index is 0.258. The fourth-order valence-corrected chi connectivity index (χ4v) is 6.16. The number of nitrogens with zero attached hydrogens (tertiary/aromatic N) is 2. The van der Waals surface area contributed by atoms with Crippen LogP contribution in [-0.2, 0) is 17.6 Å². The molecule has 4 amide bonds. The molecular formula is C34H28N4O3. The van der Waals surface area contributed by atoms with Crippen LogP contribution in [0.1, 0.15) is 45.7 Å². The first-order valence-electron chi connectivity index (χ1n) is 13.8. The summed E-state index contributed by atoms with van der Waals surface area (Å²) in [7, 11) is 0. The van der Waals surface area contributed by atoms with Gasteiger partial charge in [-0.3, -0.25) is 14.5 Å². The molecule has 0 radical (unpaired) electrons. The summed E-state index contributed by atoms with van der Waals surface area (Å²) in [6.45, 7) is 2.07. The van der Waals surface area contributed by atoms with Crippen LogP contribution in [0, 0.1) is 0 Å². The van der Waals surface area contributed by atoms with Gasteiger partial charge in [-0.05, 0) is 53.4 Å². The predicted molar refractivity (Wildman–Crippen MR) is 159 cm³/mol. The van der Waals surface area contributed by atoms with E-state index in [4.69, 9.17) is 0 Å². The Morgan fingerprint density at radius 3 is 2.37 bits per heavy atom. The molecule has 0 bridgehead atoms. The van der Waals surface area contributed by atoms with Gasteiger partial charge in [-0.2, -0.15) is 0 Å². The molecule has 7 nitrogen and oxygen atoms in total. The third-order valence-electron chi connectivity index (χ3n) is 8.17. The topological polar surface area (TPSA) is 85.5 Å². The average Bonchev–Trinajstić information content (AvgIpc) is 3.50. The molecule has 0 saturated carbocycles. The summed E-state index contributed by atoms with van der Waals surface area (Å²) in [5, 5.41) is 3.98. The van der Waals surface area contributed by atoms with E-state index in [1.807, 2.05) is 78.9 Å². The van der Waals surface area contributed by atoms with E-state index in [9.17, 15) is 14.4 Å². The second kappa shape index (κ2) is 9.78. The van der Waals surface area contributed by atoms with Gasteiger partial charge in [0.2, 0.25) is 0 Å². The summed E-state index contributed by atoms with van der Waals surface area (Å²) >= 11 is 0. The highest BCUT2D eigenvalue weighted by molar-refractivity contribution is 6.24. The Bertz CT molecular complexity index is 1810. The minimum Gasteiger partial charge on any atom is -0.356 e. The van der Waals surface area contributed by atoms with Gasteiger partial charge in [0.05, 0.1) is 11.3 Å². The number of aryl methyl sites for hydroxylation is 1. The highest BCUT2D eigenvalue weighted by Gasteiger charge is 2.53. The number of H-pyrrole nitrogens is 1. The zero-order valence-electron chi connectivity index (χ0n) is 22.5. The van der Waals surface area contributed by atoms with Crippen LogP contribution >= 0.6 is 0 Å². The van der Waals surface area contributed by atoms with Crippen molar-refractivity contribution in [3.05, 3.63) is 131 Å². The second-order valence-corrected chi connectivity index (χ2v) is 10.5. The Kier molecular flexibility index (Phi) is 5.93. The molecule has 1 fully saturated rings. The molecular weight excluding hydrogens is 512 g/mol. The third kappa shape index (κ3) is 4.00. The van der Waals surface area contributed by atoms with Crippen LogP contribution < -0.4 is 10.2 Å². The number of fused-ring (bicyclic) bond motifs is 4. The molecule has 0 spiro atoms. The number of amides is 4. The lowest BCUT2D eigenvalue weighted by Crippen LogP contribution is -2.44. The van der Waals surface area contributed by atoms with Crippen LogP contribution in [0.15, 0.2) is 103 Å². The van der Waals surface area contributed by atoms with E-state index >= 15 is 0 Å². The Balaban J connectivity index is 1.29. The largest absolute Gasteiger partial charge is 0.356 e. The van der Waals surface area contributed by atoms with E-state index in [1.54, 1.807) is 29.2 Å². The van der Waals surface area contributed by atoms with Gasteiger partial charge in [-0.1, -0.05) is 79.7 Å². The van der Waals surface area contributed by atoms with Crippen molar-refractivity contribution in [2.24, 2.45) is 0 Å². The summed E-state index contributed by atoms with van der Waals surface area (Å²) < 4.78 is 0. The predicted octanol–water partition coefficient (Wildman–Crippen LogP) is 6.47. The van der Waals surface area contributed by atoms with Crippen molar-refractivity contribution in [3.8, 4) is 0 Å². The first kappa shape index (κ1) is 24.8. The number of carbonyl (C=O) groups is 3. The summed E-state index contributed by atoms with van der Waals surface area (Å²) in [5.74, 6) is -0.717. The average molecular weight is 541 g/mol. The zero-order valence-corrected chi connectivity index (χ0v) is 22.5. The fourth-order valence-electron chi connectivity index (χ4n) is 6.16. The third-order valence-corrected chi connectivity index (χ3v) is 8.17. The van der Waals surface area contributed by atoms with E-state index in [2.05, 4.69) is 17.2 Å². The molecule has 7 heteroatoms. The number of hydrogen-bond acceptors (Lipinski definition) is 3. The smallest absolute Gasteiger partial charge is 0.332 e. The number of anilines is 2. The van der Waals surface area contributed by atoms with Gasteiger partial charge in [0.1, 0.15) is 12.1 Å². The van der Waals surface area contributed by atoms with Crippen LogP contribution in [-0.4, -0.2) is 33.8 Å². The molecule has 1 saturated heterocycles. The summed E-state index contributed by atoms with van der Waals surface area (Å²) in [6.07, 6.45) is 1.29. The Morgan fingerprint density at radius 2 is 1.59 bits per heavy atom. The molecule has 3 heterocycles. The molecule has 2 N–H and O–H groups in total. The quantitative estimate of drug-likeness (QED) is 0.251. The fraction of sp³-hybridized carbons (Fsp3) is 0.147. The number of aromatic amines is 1. The van der Waals surface area contributed by atoms with Gasteiger partial charge in [-0.15, -0.1) is 0 Å². The van der Waals surface area contributed by atoms with Crippen molar-refractivity contribution in [1.29, 1.82) is 0 Å². The van der Waals surface area contributed by atoms with Crippen LogP contribution in [0.3, 0.4) is 0 Å². The number of hydrogen-bond donors (Lipinski definition) is 2. The maximum Gasteiger partial charge on any atom is 0.332 e. The minimum atomic E-state index is -0.697. The van der Waals surface area contributed by atoms with Crippen molar-refractivity contribution < 1.29 is 14.4 Å². The molecule has 202 valence electrons. The van der Waals surface area contributed by atoms with Crippen molar-refractivity contribution >= 4 is 40.1 Å². The number of aromatic nitrogens is 1. The maximum absolute atomic E-state index is 14.2. The highest BCUT2D eigenvalue weighted by atomic mass is 16.2. The number of para-hydroxylation sites is 2. The molecule has 2 aliphatic heterocycles. The van der Waals surface area contributed by atoms with Gasteiger partial charge in [0, 0.05) is 28.7 Å². The molecule has 2 atom stereocenters. The number of rotatable bonds is 5. The Labute approximate surface area is 237 Å². The molecule has 1 aromatic heterocycles. The lowest BCUT2D eigenvalue weighted by molar-refractivity contribution is -0.120. The standard InChI is InChI=1S/C34H28N4O3/c1-2-21-16-18-23(19-17-21)35-32(39)25-13-7-9-15-28(25)38-33(40)29-20-26-24-12-6-8-14-27(24)36-30(26)31(37(29)34(38)41)22-10-4-3-5-11-22/h3-19,29,31,36H,2,20H2,1H3,(H,35,39)/t29-,31?/m0/s1. The number of benzene rings is 4. The van der Waals surface area contributed by atoms with Crippen molar-refractivity contribution in [2.45, 2.75) is 31.8 Å². The van der Waals surface area contributed by atoms with Crippen LogP contribution in [0.2, 0.25) is 0 Å². The van der Waals surface area contributed by atoms with Gasteiger partial charge in [-0.25, -0.2) is 9.69 Å². The lowest BCUT2D eigenvalue weighted by atomic mass is 9.89. The van der Waals surface area contributed by atoms with Crippen molar-refractivity contribution in [2.75, 3.05) is 10.2 Å². The van der Waals surface area contributed by atoms with Crippen LogP contribution in [0.25, 0.3) is 10.9 Å². The normalized spacial score (nSPS) is 18.0. The SMILES string of the molecule is CCc1ccc(NC(=O)c2ccccc2N2C(=O)[C@@H]3Cc4c([nH]c5ccccc45)C(c4ccccc4)N3C2=O)cc1. The molecule has 4 aromatic carbocycles. The lowest BCUT2D eigenvalue weighted by Gasteiger charge is -2.36. The maximum atomic E-state index is 14.2. The molecule has 7 rings (SSSR count). The van der Waals surface area contributed by atoms with E-state index in [0.717, 1.165) is 34.1 Å². The van der Waals surface area contributed by atoms with E-state index < -0.39 is 18.1 Å². The molecule has 5 aromatic rings. The number of carbonyl (C=O) groups excluding carboxylic acids is 3. The number of nitrogens with one attached hydrogen (secondary N) is 2. The molecule has 2 aliphatic rings. The summed E-state index contributed by atoms with van der Waals surface area (Å²) in [6, 6.07) is 30.6. The summed E-state index contributed by atoms with van der Waals surface area (Å²) in [4.78, 5) is 48.2. The van der Waals surface area contributed by atoms with Gasteiger partial charge < -0.3 is 10.3 Å². The monoisotopic (exact) mass is 540 g/mol. The van der Waals surface area contributed by atoms with Crippen LogP contribution in [0.5, 0.6) is 0 Å². The van der Waals surface area contributed by atoms with E-state index in [-0.39, 0.29) is 23.1 Å². The molecule has 1 unspecified atom stereocenters. The second-order valence-electron chi connectivity index (χ2n) is 10.5. The number of urea groups is 1. The first-order valence-corrected chi connectivity index (χ1v) is 13.8. The van der Waals surface area contributed by atoms with E-state index in [0.29, 0.717) is 12.1 Å². The Morgan fingerprint density at radius 1 is 0.878 bits per heavy atom. The van der Waals surface area contributed by atoms with Gasteiger partial charge >= 0.3 is 6.03 Å². The van der Waals surface area contributed by atoms with Crippen molar-refractivity contribution in [3.63, 3.8) is 0 Å². The first-order chi connectivity index (χ1) is 20.0. The van der Waals surface area contributed by atoms with Crippen molar-refractivity contribution in [1.82, 2.24) is 9.88 Å². The van der Waals surface area contributed by atoms with Crippen LogP contribution in [0.4, 0.5) is 16.2 Å². The number of imide groups is 1. The highest BCUT2D eigenvalue weighted by Crippen LogP contribution is 2.45. The van der Waals surface area contributed by atoms with E-state index in [1.165, 1.54) is 10.5 Å². The van der Waals surface area contributed by atoms with Gasteiger partial charge in [0.15, 0.2) is 0 Å². The molecule has 41 heavy (non-hydrogen) atoms. The molecule has 0 aliphatic carbocycles. The summed E-state index contributed by atoms with van der Waals surface area (Å²) in [5.41, 5.74) is 6.19. The zero-order chi connectivity index (χ0) is 28.1.